The number of thiophene rings is 1. The number of aryl methyl sites for hydroxylation is 1. The summed E-state index contributed by atoms with van der Waals surface area (Å²) in [6, 6.07) is 17.1. The van der Waals surface area contributed by atoms with E-state index in [1.807, 2.05) is 24.3 Å². The number of fused-ring (bicyclic) bond motifs is 1. The summed E-state index contributed by atoms with van der Waals surface area (Å²) in [5.74, 6) is -0.103. The first-order valence-electron chi connectivity index (χ1n) is 11.3. The summed E-state index contributed by atoms with van der Waals surface area (Å²) in [6.45, 7) is 2.59. The molecule has 6 nitrogen and oxygen atoms in total. The second kappa shape index (κ2) is 11.3. The van der Waals surface area contributed by atoms with E-state index >= 15 is 0 Å². The Morgan fingerprint density at radius 1 is 1.09 bits per heavy atom. The second-order valence-electron chi connectivity index (χ2n) is 7.80. The Balaban J connectivity index is 1.36. The zero-order valence-corrected chi connectivity index (χ0v) is 20.5. The average Bonchev–Trinajstić information content (AvgIpc) is 3.41. The largest absolute Gasteiger partial charge is 0.493 e. The topological polar surface area (TPSA) is 76.7 Å². The lowest BCUT2D eigenvalue weighted by Gasteiger charge is -2.12. The fourth-order valence-corrected chi connectivity index (χ4v) is 5.42. The number of nitrogens with one attached hydrogen (secondary N) is 2. The Hall–Kier alpha value is -3.23. The van der Waals surface area contributed by atoms with Gasteiger partial charge in [0.2, 0.25) is 0 Å². The first-order valence-corrected chi connectivity index (χ1v) is 12.5. The lowest BCUT2D eigenvalue weighted by molar-refractivity contribution is 0.0527. The highest BCUT2D eigenvalue weighted by molar-refractivity contribution is 7.80. The maximum absolute atomic E-state index is 12.8. The van der Waals surface area contributed by atoms with Crippen LogP contribution in [0.4, 0.5) is 5.00 Å². The summed E-state index contributed by atoms with van der Waals surface area (Å²) in [4.78, 5) is 26.5. The first kappa shape index (κ1) is 23.9. The molecule has 2 aromatic carbocycles. The smallest absolute Gasteiger partial charge is 0.341 e. The molecule has 1 amide bonds. The van der Waals surface area contributed by atoms with Crippen LogP contribution in [0.5, 0.6) is 5.75 Å². The number of amides is 1. The monoisotopic (exact) mass is 494 g/mol. The van der Waals surface area contributed by atoms with Crippen LogP contribution < -0.4 is 15.4 Å². The third-order valence-corrected chi connectivity index (χ3v) is 6.86. The molecule has 0 aliphatic heterocycles. The van der Waals surface area contributed by atoms with Crippen molar-refractivity contribution in [2.24, 2.45) is 0 Å². The van der Waals surface area contributed by atoms with Crippen molar-refractivity contribution in [2.45, 2.75) is 32.6 Å². The molecule has 1 aromatic heterocycles. The van der Waals surface area contributed by atoms with Gasteiger partial charge in [-0.25, -0.2) is 4.79 Å². The van der Waals surface area contributed by atoms with Crippen LogP contribution in [-0.2, 0) is 24.0 Å². The van der Waals surface area contributed by atoms with E-state index in [-0.39, 0.29) is 17.0 Å². The van der Waals surface area contributed by atoms with E-state index in [2.05, 4.69) is 22.8 Å². The Bertz CT molecular complexity index is 1190. The van der Waals surface area contributed by atoms with Gasteiger partial charge >= 0.3 is 5.97 Å². The Kier molecular flexibility index (Phi) is 7.92. The van der Waals surface area contributed by atoms with Crippen LogP contribution in [0, 0.1) is 0 Å². The van der Waals surface area contributed by atoms with Gasteiger partial charge < -0.3 is 14.8 Å². The molecule has 176 valence electrons. The standard InChI is InChI=1S/C26H26N2O4S2/c1-2-31-25(30)22-20-12-7-13-21(20)34-24(22)28-26(33)27-23(29)18-10-6-11-19(16-18)32-15-14-17-8-4-3-5-9-17/h3-6,8-11,16H,2,7,12-15H2,1H3,(H2,27,28,29,33). The lowest BCUT2D eigenvalue weighted by Crippen LogP contribution is -2.34. The second-order valence-corrected chi connectivity index (χ2v) is 9.32. The van der Waals surface area contributed by atoms with Crippen molar-refractivity contribution in [2.75, 3.05) is 18.5 Å². The number of hydrogen-bond acceptors (Lipinski definition) is 6. The Morgan fingerprint density at radius 2 is 1.91 bits per heavy atom. The minimum Gasteiger partial charge on any atom is -0.493 e. The fourth-order valence-electron chi connectivity index (χ4n) is 3.88. The van der Waals surface area contributed by atoms with E-state index in [0.29, 0.717) is 35.1 Å². The molecule has 4 rings (SSSR count). The predicted molar refractivity (Wildman–Crippen MR) is 138 cm³/mol. The molecule has 1 aliphatic carbocycles. The zero-order valence-electron chi connectivity index (χ0n) is 18.9. The molecule has 1 heterocycles. The zero-order chi connectivity index (χ0) is 23.9. The SMILES string of the molecule is CCOC(=O)c1c(NC(=S)NC(=O)c2cccc(OCCc3ccccc3)c2)sc2c1CCC2. The van der Waals surface area contributed by atoms with Gasteiger partial charge in [-0.15, -0.1) is 11.3 Å². The number of anilines is 1. The van der Waals surface area contributed by atoms with Crippen LogP contribution in [0.1, 0.15) is 50.1 Å². The van der Waals surface area contributed by atoms with Gasteiger partial charge in [-0.1, -0.05) is 36.4 Å². The highest BCUT2D eigenvalue weighted by Gasteiger charge is 2.28. The van der Waals surface area contributed by atoms with E-state index in [1.165, 1.54) is 21.8 Å². The normalized spacial score (nSPS) is 12.0. The highest BCUT2D eigenvalue weighted by Crippen LogP contribution is 2.39. The van der Waals surface area contributed by atoms with Gasteiger partial charge in [0.1, 0.15) is 10.8 Å². The van der Waals surface area contributed by atoms with E-state index < -0.39 is 0 Å². The van der Waals surface area contributed by atoms with Crippen LogP contribution in [0.2, 0.25) is 0 Å². The van der Waals surface area contributed by atoms with Crippen LogP contribution in [0.3, 0.4) is 0 Å². The predicted octanol–water partition coefficient (Wildman–Crippen LogP) is 5.16. The van der Waals surface area contributed by atoms with Crippen molar-refractivity contribution in [3.05, 3.63) is 81.7 Å². The van der Waals surface area contributed by atoms with Crippen LogP contribution in [0.25, 0.3) is 0 Å². The minimum absolute atomic E-state index is 0.130. The van der Waals surface area contributed by atoms with Crippen molar-refractivity contribution in [3.63, 3.8) is 0 Å². The molecule has 0 fully saturated rings. The third kappa shape index (κ3) is 5.81. The summed E-state index contributed by atoms with van der Waals surface area (Å²) in [5, 5.41) is 6.48. The van der Waals surface area contributed by atoms with E-state index in [1.54, 1.807) is 25.1 Å². The molecule has 0 saturated heterocycles. The Morgan fingerprint density at radius 3 is 2.71 bits per heavy atom. The van der Waals surface area contributed by atoms with Gasteiger partial charge in [0.05, 0.1) is 18.8 Å². The molecule has 3 aromatic rings. The van der Waals surface area contributed by atoms with Crippen LogP contribution in [-0.4, -0.2) is 30.2 Å². The molecule has 34 heavy (non-hydrogen) atoms. The molecule has 8 heteroatoms. The number of ether oxygens (including phenoxy) is 2. The Labute approximate surface area is 208 Å². The molecule has 0 saturated carbocycles. The average molecular weight is 495 g/mol. The van der Waals surface area contributed by atoms with Gasteiger partial charge in [0, 0.05) is 16.9 Å². The summed E-state index contributed by atoms with van der Waals surface area (Å²) in [7, 11) is 0. The van der Waals surface area contributed by atoms with Crippen molar-refractivity contribution in [3.8, 4) is 5.75 Å². The molecule has 0 bridgehead atoms. The number of esters is 1. The van der Waals surface area contributed by atoms with Crippen molar-refractivity contribution >= 4 is 45.5 Å². The molecule has 0 spiro atoms. The quantitative estimate of drug-likeness (QED) is 0.333. The maximum atomic E-state index is 12.8. The molecular weight excluding hydrogens is 468 g/mol. The van der Waals surface area contributed by atoms with Gasteiger partial charge in [0.25, 0.3) is 5.91 Å². The molecule has 2 N–H and O–H groups in total. The highest BCUT2D eigenvalue weighted by atomic mass is 32.1. The fraction of sp³-hybridized carbons (Fsp3) is 0.269. The molecule has 1 aliphatic rings. The molecule has 0 radical (unpaired) electrons. The summed E-state index contributed by atoms with van der Waals surface area (Å²) >= 11 is 6.86. The van der Waals surface area contributed by atoms with Crippen molar-refractivity contribution in [1.82, 2.24) is 5.32 Å². The number of thiocarbonyl (C=S) groups is 1. The van der Waals surface area contributed by atoms with Crippen molar-refractivity contribution in [1.29, 1.82) is 0 Å². The number of hydrogen-bond donors (Lipinski definition) is 2. The number of benzene rings is 2. The lowest BCUT2D eigenvalue weighted by atomic mass is 10.1. The first-order chi connectivity index (χ1) is 16.5. The number of rotatable bonds is 8. The van der Waals surface area contributed by atoms with Gasteiger partial charge in [-0.2, -0.15) is 0 Å². The van der Waals surface area contributed by atoms with Crippen LogP contribution >= 0.6 is 23.6 Å². The summed E-state index contributed by atoms with van der Waals surface area (Å²) < 4.78 is 11.1. The minimum atomic E-state index is -0.362. The molecule has 0 atom stereocenters. The van der Waals surface area contributed by atoms with E-state index in [0.717, 1.165) is 31.2 Å². The van der Waals surface area contributed by atoms with E-state index in [9.17, 15) is 9.59 Å². The molecule has 0 unspecified atom stereocenters. The molecular formula is C26H26N2O4S2. The van der Waals surface area contributed by atoms with E-state index in [4.69, 9.17) is 21.7 Å². The number of carbonyl (C=O) groups excluding carboxylic acids is 2. The van der Waals surface area contributed by atoms with Gasteiger partial charge in [-0.05, 0) is 67.7 Å². The van der Waals surface area contributed by atoms with Crippen molar-refractivity contribution < 1.29 is 19.1 Å². The maximum Gasteiger partial charge on any atom is 0.341 e. The number of carbonyl (C=O) groups is 2. The van der Waals surface area contributed by atoms with Gasteiger partial charge in [0.15, 0.2) is 5.11 Å². The summed E-state index contributed by atoms with van der Waals surface area (Å²) in [5.41, 5.74) is 3.18. The van der Waals surface area contributed by atoms with Gasteiger partial charge in [-0.3, -0.25) is 10.1 Å². The van der Waals surface area contributed by atoms with Crippen LogP contribution in [0.15, 0.2) is 54.6 Å². The summed E-state index contributed by atoms with van der Waals surface area (Å²) in [6.07, 6.45) is 3.58. The third-order valence-electron chi connectivity index (χ3n) is 5.45.